The minimum absolute atomic E-state index is 0.0654. The lowest BCUT2D eigenvalue weighted by atomic mass is 9.77. The van der Waals surface area contributed by atoms with Gasteiger partial charge in [-0.2, -0.15) is 0 Å². The molecule has 214 valence electrons. The standard InChI is InChI=1S/C31H32ClN3O6/c1-3-40-21-12-10-20(11-13-21)33-15-5-9-23-24(28(33)37)25-29(38)35(17-18-36)27-30(39)34(16-6-14-31(25,27)41-23)26-19(2)7-4-8-22(26)32/h4-14,23-25,27,36H,3,15-18H2,1-2H3/t23-,24+,25-,27?,31-/m0/s1. The van der Waals surface area contributed by atoms with Gasteiger partial charge in [0.1, 0.15) is 17.4 Å². The van der Waals surface area contributed by atoms with Gasteiger partial charge in [0.25, 0.3) is 5.91 Å². The van der Waals surface area contributed by atoms with Crippen LogP contribution in [0.2, 0.25) is 5.02 Å². The van der Waals surface area contributed by atoms with Crippen molar-refractivity contribution in [2.24, 2.45) is 11.8 Å². The molecular weight excluding hydrogens is 546 g/mol. The second-order valence-electron chi connectivity index (χ2n) is 10.7. The normalized spacial score (nSPS) is 28.9. The smallest absolute Gasteiger partial charge is 0.253 e. The van der Waals surface area contributed by atoms with Crippen LogP contribution in [0.4, 0.5) is 11.4 Å². The van der Waals surface area contributed by atoms with Crippen molar-refractivity contribution in [1.82, 2.24) is 4.90 Å². The predicted molar refractivity (Wildman–Crippen MR) is 154 cm³/mol. The van der Waals surface area contributed by atoms with Gasteiger partial charge in [-0.1, -0.05) is 48.0 Å². The van der Waals surface area contributed by atoms with Crippen LogP contribution < -0.4 is 14.5 Å². The van der Waals surface area contributed by atoms with Crippen LogP contribution in [0.3, 0.4) is 0 Å². The minimum Gasteiger partial charge on any atom is -0.494 e. The van der Waals surface area contributed by atoms with Crippen molar-refractivity contribution >= 4 is 40.7 Å². The van der Waals surface area contributed by atoms with E-state index in [0.717, 1.165) is 5.56 Å². The number of fused-ring (bicyclic) bond motifs is 2. The van der Waals surface area contributed by atoms with Gasteiger partial charge >= 0.3 is 0 Å². The number of hydrogen-bond acceptors (Lipinski definition) is 6. The highest BCUT2D eigenvalue weighted by molar-refractivity contribution is 6.34. The van der Waals surface area contributed by atoms with E-state index >= 15 is 0 Å². The number of likely N-dealkylation sites (tertiary alicyclic amines) is 1. The number of aliphatic hydroxyl groups excluding tert-OH is 1. The third kappa shape index (κ3) is 4.26. The van der Waals surface area contributed by atoms with Crippen LogP contribution in [-0.2, 0) is 19.1 Å². The number of ether oxygens (including phenoxy) is 2. The Bertz CT molecular complexity index is 1420. The van der Waals surface area contributed by atoms with Crippen molar-refractivity contribution in [3.8, 4) is 5.75 Å². The summed E-state index contributed by atoms with van der Waals surface area (Å²) in [6.45, 7) is 4.43. The number of carbonyl (C=O) groups excluding carboxylic acids is 3. The number of β-amino-alcohol motifs (C(OH)–C–C–N with tert-alkyl or cyclic N) is 1. The largest absolute Gasteiger partial charge is 0.494 e. The summed E-state index contributed by atoms with van der Waals surface area (Å²) in [7, 11) is 0. The SMILES string of the molecule is CCOc1ccc(N2CC=C[C@@H]3O[C@]45C=CCN(c6c(C)cccc6Cl)C(=O)C4N(CCO)C(=O)[C@@H]5[C@@H]3C2=O)cc1. The van der Waals surface area contributed by atoms with Crippen LogP contribution in [0.1, 0.15) is 12.5 Å². The van der Waals surface area contributed by atoms with Crippen LogP contribution >= 0.6 is 11.6 Å². The fourth-order valence-corrected chi connectivity index (χ4v) is 7.09. The molecule has 2 aromatic carbocycles. The molecule has 4 aliphatic heterocycles. The zero-order chi connectivity index (χ0) is 28.9. The number of benzene rings is 2. The van der Waals surface area contributed by atoms with Crippen molar-refractivity contribution in [3.05, 3.63) is 77.4 Å². The van der Waals surface area contributed by atoms with E-state index in [1.807, 2.05) is 68.5 Å². The van der Waals surface area contributed by atoms with Gasteiger partial charge in [0.2, 0.25) is 11.8 Å². The number of anilines is 2. The average molecular weight is 578 g/mol. The Hall–Kier alpha value is -3.66. The highest BCUT2D eigenvalue weighted by Gasteiger charge is 2.71. The number of amides is 3. The lowest BCUT2D eigenvalue weighted by molar-refractivity contribution is -0.141. The summed E-state index contributed by atoms with van der Waals surface area (Å²) in [5.74, 6) is -2.12. The monoisotopic (exact) mass is 577 g/mol. The first kappa shape index (κ1) is 27.5. The van der Waals surface area contributed by atoms with Gasteiger partial charge in [-0.05, 0) is 49.7 Å². The van der Waals surface area contributed by atoms with E-state index in [4.69, 9.17) is 21.1 Å². The molecule has 5 atom stereocenters. The Morgan fingerprint density at radius 2 is 1.78 bits per heavy atom. The van der Waals surface area contributed by atoms with E-state index in [1.165, 1.54) is 4.90 Å². The van der Waals surface area contributed by atoms with Crippen LogP contribution in [0.15, 0.2) is 66.8 Å². The lowest BCUT2D eigenvalue weighted by Gasteiger charge is -2.35. The topological polar surface area (TPSA) is 99.6 Å². The van der Waals surface area contributed by atoms with Gasteiger partial charge < -0.3 is 29.3 Å². The second kappa shape index (κ2) is 10.6. The van der Waals surface area contributed by atoms with E-state index < -0.39 is 29.6 Å². The molecule has 4 aliphatic rings. The number of aliphatic hydroxyl groups is 1. The molecule has 10 heteroatoms. The first-order valence-electron chi connectivity index (χ1n) is 13.9. The number of para-hydroxylation sites is 1. The van der Waals surface area contributed by atoms with Gasteiger partial charge in [0, 0.05) is 25.3 Å². The number of hydrogen-bond donors (Lipinski definition) is 1. The molecule has 2 saturated heterocycles. The molecular formula is C31H32ClN3O6. The highest BCUT2D eigenvalue weighted by atomic mass is 35.5. The molecule has 0 saturated carbocycles. The Kier molecular flexibility index (Phi) is 7.13. The number of rotatable bonds is 6. The predicted octanol–water partition coefficient (Wildman–Crippen LogP) is 3.13. The molecule has 6 rings (SSSR count). The minimum atomic E-state index is -1.38. The summed E-state index contributed by atoms with van der Waals surface area (Å²) in [6.07, 6.45) is 6.58. The average Bonchev–Trinajstić information content (AvgIpc) is 3.26. The summed E-state index contributed by atoms with van der Waals surface area (Å²) in [6, 6.07) is 11.6. The zero-order valence-electron chi connectivity index (χ0n) is 22.9. The highest BCUT2D eigenvalue weighted by Crippen LogP contribution is 2.54. The first-order chi connectivity index (χ1) is 19.8. The third-order valence-electron chi connectivity index (χ3n) is 8.42. The Morgan fingerprint density at radius 3 is 2.49 bits per heavy atom. The van der Waals surface area contributed by atoms with Crippen LogP contribution in [0.5, 0.6) is 5.75 Å². The van der Waals surface area contributed by atoms with Crippen molar-refractivity contribution in [3.63, 3.8) is 0 Å². The fraction of sp³-hybridized carbons (Fsp3) is 0.387. The van der Waals surface area contributed by atoms with Crippen molar-refractivity contribution in [1.29, 1.82) is 0 Å². The van der Waals surface area contributed by atoms with Crippen molar-refractivity contribution in [2.45, 2.75) is 31.6 Å². The molecule has 3 amide bonds. The van der Waals surface area contributed by atoms with Crippen LogP contribution in [0, 0.1) is 18.8 Å². The molecule has 1 unspecified atom stereocenters. The lowest BCUT2D eigenvalue weighted by Crippen LogP contribution is -2.56. The zero-order valence-corrected chi connectivity index (χ0v) is 23.7. The number of halogens is 1. The van der Waals surface area contributed by atoms with Gasteiger partial charge in [-0.25, -0.2) is 0 Å². The molecule has 2 aromatic rings. The number of carbonyl (C=O) groups is 3. The maximum Gasteiger partial charge on any atom is 0.253 e. The summed E-state index contributed by atoms with van der Waals surface area (Å²) in [4.78, 5) is 47.3. The van der Waals surface area contributed by atoms with Crippen molar-refractivity contribution < 1.29 is 29.0 Å². The molecule has 41 heavy (non-hydrogen) atoms. The molecule has 0 aromatic heterocycles. The van der Waals surface area contributed by atoms with Gasteiger partial charge in [0.15, 0.2) is 0 Å². The second-order valence-corrected chi connectivity index (χ2v) is 11.1. The van der Waals surface area contributed by atoms with E-state index in [1.54, 1.807) is 21.9 Å². The molecule has 4 heterocycles. The van der Waals surface area contributed by atoms with E-state index in [9.17, 15) is 19.5 Å². The maximum atomic E-state index is 14.4. The molecule has 2 fully saturated rings. The molecule has 0 bridgehead atoms. The Morgan fingerprint density at radius 1 is 1.02 bits per heavy atom. The summed E-state index contributed by atoms with van der Waals surface area (Å²) < 4.78 is 12.2. The Balaban J connectivity index is 1.41. The molecule has 1 N–H and O–H groups in total. The van der Waals surface area contributed by atoms with E-state index in [2.05, 4.69) is 0 Å². The number of aryl methyl sites for hydroxylation is 1. The van der Waals surface area contributed by atoms with Gasteiger partial charge in [-0.15, -0.1) is 0 Å². The van der Waals surface area contributed by atoms with E-state index in [-0.39, 0.29) is 37.4 Å². The van der Waals surface area contributed by atoms with Crippen LogP contribution in [-0.4, -0.2) is 78.3 Å². The van der Waals surface area contributed by atoms with Crippen molar-refractivity contribution in [2.75, 3.05) is 42.6 Å². The van der Waals surface area contributed by atoms with Gasteiger partial charge in [-0.3, -0.25) is 14.4 Å². The molecule has 9 nitrogen and oxygen atoms in total. The maximum absolute atomic E-state index is 14.4. The fourth-order valence-electron chi connectivity index (χ4n) is 6.77. The van der Waals surface area contributed by atoms with E-state index in [0.29, 0.717) is 35.3 Å². The van der Waals surface area contributed by atoms with Gasteiger partial charge in [0.05, 0.1) is 41.9 Å². The summed E-state index contributed by atoms with van der Waals surface area (Å²) in [5, 5.41) is 10.3. The van der Waals surface area contributed by atoms with Crippen LogP contribution in [0.25, 0.3) is 0 Å². The molecule has 0 aliphatic carbocycles. The summed E-state index contributed by atoms with van der Waals surface area (Å²) in [5.41, 5.74) is 0.661. The molecule has 0 radical (unpaired) electrons. The summed E-state index contributed by atoms with van der Waals surface area (Å²) >= 11 is 6.56. The first-order valence-corrected chi connectivity index (χ1v) is 14.2. The molecule has 1 spiro atoms. The number of nitrogens with zero attached hydrogens (tertiary/aromatic N) is 3. The Labute approximate surface area is 243 Å². The quantitative estimate of drug-likeness (QED) is 0.530. The third-order valence-corrected chi connectivity index (χ3v) is 8.72.